The third-order valence-corrected chi connectivity index (χ3v) is 4.95. The number of nitrogens with one attached hydrogen (secondary N) is 1. The molecule has 1 aliphatic rings. The maximum absolute atomic E-state index is 11.9. The Labute approximate surface area is 153 Å². The highest BCUT2D eigenvalue weighted by atomic mass is 32.1. The third-order valence-electron chi connectivity index (χ3n) is 4.05. The summed E-state index contributed by atoms with van der Waals surface area (Å²) in [6.07, 6.45) is 1.48. The molecule has 2 heterocycles. The van der Waals surface area contributed by atoms with Crippen molar-refractivity contribution in [2.45, 2.75) is 45.3 Å². The number of aromatic nitrogens is 1. The van der Waals surface area contributed by atoms with Crippen LogP contribution >= 0.6 is 11.3 Å². The molecule has 1 aliphatic heterocycles. The predicted molar refractivity (Wildman–Crippen MR) is 102 cm³/mol. The molecule has 1 amide bonds. The Morgan fingerprint density at radius 1 is 1.24 bits per heavy atom. The molecule has 1 aromatic heterocycles. The van der Waals surface area contributed by atoms with Crippen molar-refractivity contribution in [1.82, 2.24) is 10.3 Å². The lowest BCUT2D eigenvalue weighted by Gasteiger charge is -2.32. The smallest absolute Gasteiger partial charge is 0.407 e. The molecule has 5 nitrogen and oxygen atoms in total. The molecule has 0 unspecified atom stereocenters. The Morgan fingerprint density at radius 2 is 1.92 bits per heavy atom. The lowest BCUT2D eigenvalue weighted by atomic mass is 10.1. The molecule has 3 rings (SSSR count). The highest BCUT2D eigenvalue weighted by Crippen LogP contribution is 2.29. The molecule has 1 aromatic carbocycles. The van der Waals surface area contributed by atoms with E-state index in [1.54, 1.807) is 11.3 Å². The zero-order valence-electron chi connectivity index (χ0n) is 15.0. The molecule has 6 heteroatoms. The van der Waals surface area contributed by atoms with Crippen molar-refractivity contribution >= 4 is 22.6 Å². The number of amides is 1. The number of nitrogens with zero attached hydrogens (tertiary/aromatic N) is 2. The van der Waals surface area contributed by atoms with Gasteiger partial charge in [-0.05, 0) is 33.6 Å². The fourth-order valence-corrected chi connectivity index (χ4v) is 3.73. The van der Waals surface area contributed by atoms with Gasteiger partial charge in [0.1, 0.15) is 5.60 Å². The first kappa shape index (κ1) is 17.7. The third kappa shape index (κ3) is 4.95. The number of hydrogen-bond donors (Lipinski definition) is 1. The number of rotatable bonds is 3. The van der Waals surface area contributed by atoms with Gasteiger partial charge in [0.2, 0.25) is 0 Å². The van der Waals surface area contributed by atoms with Gasteiger partial charge < -0.3 is 15.0 Å². The Morgan fingerprint density at radius 3 is 2.56 bits per heavy atom. The van der Waals surface area contributed by atoms with E-state index in [1.807, 2.05) is 39.0 Å². The zero-order chi connectivity index (χ0) is 17.9. The summed E-state index contributed by atoms with van der Waals surface area (Å²) in [7, 11) is 0. The van der Waals surface area contributed by atoms with Crippen LogP contribution in [-0.4, -0.2) is 35.8 Å². The van der Waals surface area contributed by atoms with Gasteiger partial charge >= 0.3 is 6.09 Å². The number of piperidine rings is 1. The molecule has 0 saturated carbocycles. The maximum atomic E-state index is 11.9. The van der Waals surface area contributed by atoms with Gasteiger partial charge in [-0.15, -0.1) is 11.3 Å². The molecule has 2 aromatic rings. The highest BCUT2D eigenvalue weighted by Gasteiger charge is 2.24. The summed E-state index contributed by atoms with van der Waals surface area (Å²) >= 11 is 1.68. The van der Waals surface area contributed by atoms with Gasteiger partial charge in [0, 0.05) is 30.1 Å². The van der Waals surface area contributed by atoms with E-state index in [0.29, 0.717) is 0 Å². The molecule has 0 atom stereocenters. The van der Waals surface area contributed by atoms with E-state index in [2.05, 4.69) is 27.7 Å². The van der Waals surface area contributed by atoms with E-state index in [1.165, 1.54) is 0 Å². The zero-order valence-corrected chi connectivity index (χ0v) is 15.8. The normalized spacial score (nSPS) is 15.9. The molecular formula is C19H25N3O2S. The SMILES string of the molecule is CC(C)(C)OC(=O)NC1CCN(c2nc(-c3ccccc3)cs2)CC1. The van der Waals surface area contributed by atoms with E-state index in [-0.39, 0.29) is 12.1 Å². The lowest BCUT2D eigenvalue weighted by Crippen LogP contribution is -2.46. The summed E-state index contributed by atoms with van der Waals surface area (Å²) in [4.78, 5) is 18.9. The Balaban J connectivity index is 1.53. The van der Waals surface area contributed by atoms with Crippen molar-refractivity contribution in [3.05, 3.63) is 35.7 Å². The van der Waals surface area contributed by atoms with Gasteiger partial charge in [-0.25, -0.2) is 9.78 Å². The van der Waals surface area contributed by atoms with Gasteiger partial charge in [-0.3, -0.25) is 0 Å². The van der Waals surface area contributed by atoms with Crippen LogP contribution in [0.3, 0.4) is 0 Å². The van der Waals surface area contributed by atoms with Crippen LogP contribution < -0.4 is 10.2 Å². The van der Waals surface area contributed by atoms with Gasteiger partial charge in [-0.2, -0.15) is 0 Å². The first-order chi connectivity index (χ1) is 11.9. The molecule has 1 N–H and O–H groups in total. The van der Waals surface area contributed by atoms with E-state index in [9.17, 15) is 4.79 Å². The number of hydrogen-bond acceptors (Lipinski definition) is 5. The molecule has 0 spiro atoms. The number of carbonyl (C=O) groups is 1. The summed E-state index contributed by atoms with van der Waals surface area (Å²) in [5.74, 6) is 0. The number of thiazole rings is 1. The van der Waals surface area contributed by atoms with E-state index < -0.39 is 5.60 Å². The summed E-state index contributed by atoms with van der Waals surface area (Å²) < 4.78 is 5.33. The van der Waals surface area contributed by atoms with Crippen LogP contribution in [-0.2, 0) is 4.74 Å². The second-order valence-electron chi connectivity index (χ2n) is 7.29. The molecule has 134 valence electrons. The quantitative estimate of drug-likeness (QED) is 0.887. The van der Waals surface area contributed by atoms with Crippen molar-refractivity contribution in [3.8, 4) is 11.3 Å². The summed E-state index contributed by atoms with van der Waals surface area (Å²) in [5.41, 5.74) is 1.71. The van der Waals surface area contributed by atoms with Crippen molar-refractivity contribution in [3.63, 3.8) is 0 Å². The van der Waals surface area contributed by atoms with E-state index in [4.69, 9.17) is 9.72 Å². The van der Waals surface area contributed by atoms with Gasteiger partial charge in [0.15, 0.2) is 5.13 Å². The second kappa shape index (κ2) is 7.44. The van der Waals surface area contributed by atoms with Crippen molar-refractivity contribution in [1.29, 1.82) is 0 Å². The lowest BCUT2D eigenvalue weighted by molar-refractivity contribution is 0.0497. The minimum absolute atomic E-state index is 0.166. The highest BCUT2D eigenvalue weighted by molar-refractivity contribution is 7.14. The van der Waals surface area contributed by atoms with Gasteiger partial charge in [-0.1, -0.05) is 30.3 Å². The van der Waals surface area contributed by atoms with Crippen LogP contribution in [0.1, 0.15) is 33.6 Å². The minimum atomic E-state index is -0.459. The van der Waals surface area contributed by atoms with Crippen LogP contribution in [0.4, 0.5) is 9.93 Å². The first-order valence-electron chi connectivity index (χ1n) is 8.66. The van der Waals surface area contributed by atoms with Crippen LogP contribution in [0.25, 0.3) is 11.3 Å². The number of carbonyl (C=O) groups excluding carboxylic acids is 1. The average molecular weight is 359 g/mol. The standard InChI is InChI=1S/C19H25N3O2S/c1-19(2,3)24-18(23)20-15-9-11-22(12-10-15)17-21-16(13-25-17)14-7-5-4-6-8-14/h4-8,13,15H,9-12H2,1-3H3,(H,20,23). The van der Waals surface area contributed by atoms with Crippen LogP contribution in [0.2, 0.25) is 0 Å². The topological polar surface area (TPSA) is 54.5 Å². The summed E-state index contributed by atoms with van der Waals surface area (Å²) in [5, 5.41) is 6.13. The molecule has 0 aliphatic carbocycles. The summed E-state index contributed by atoms with van der Waals surface area (Å²) in [6, 6.07) is 10.4. The van der Waals surface area contributed by atoms with Crippen molar-refractivity contribution in [2.24, 2.45) is 0 Å². The molecular weight excluding hydrogens is 334 g/mol. The van der Waals surface area contributed by atoms with Crippen molar-refractivity contribution in [2.75, 3.05) is 18.0 Å². The predicted octanol–water partition coefficient (Wildman–Crippen LogP) is 4.30. The largest absolute Gasteiger partial charge is 0.444 e. The number of ether oxygens (including phenoxy) is 1. The molecule has 25 heavy (non-hydrogen) atoms. The Bertz CT molecular complexity index is 701. The van der Waals surface area contributed by atoms with E-state index in [0.717, 1.165) is 42.3 Å². The van der Waals surface area contributed by atoms with Gasteiger partial charge in [0.25, 0.3) is 0 Å². The number of alkyl carbamates (subject to hydrolysis) is 1. The van der Waals surface area contributed by atoms with Gasteiger partial charge in [0.05, 0.1) is 5.69 Å². The minimum Gasteiger partial charge on any atom is -0.444 e. The number of benzene rings is 1. The number of anilines is 1. The molecule has 1 saturated heterocycles. The van der Waals surface area contributed by atoms with Crippen LogP contribution in [0, 0.1) is 0 Å². The Kier molecular flexibility index (Phi) is 5.27. The fraction of sp³-hybridized carbons (Fsp3) is 0.474. The average Bonchev–Trinajstić information content (AvgIpc) is 3.04. The maximum Gasteiger partial charge on any atom is 0.407 e. The fourth-order valence-electron chi connectivity index (χ4n) is 2.84. The first-order valence-corrected chi connectivity index (χ1v) is 9.54. The molecule has 1 fully saturated rings. The monoisotopic (exact) mass is 359 g/mol. The van der Waals surface area contributed by atoms with E-state index >= 15 is 0 Å². The Hall–Kier alpha value is -2.08. The van der Waals surface area contributed by atoms with Crippen molar-refractivity contribution < 1.29 is 9.53 Å². The molecule has 0 bridgehead atoms. The van der Waals surface area contributed by atoms with Crippen LogP contribution in [0.15, 0.2) is 35.7 Å². The van der Waals surface area contributed by atoms with Crippen LogP contribution in [0.5, 0.6) is 0 Å². The second-order valence-corrected chi connectivity index (χ2v) is 8.13. The summed E-state index contributed by atoms with van der Waals surface area (Å²) in [6.45, 7) is 7.41. The molecule has 0 radical (unpaired) electrons.